The van der Waals surface area contributed by atoms with Gasteiger partial charge in [0.05, 0.1) is 6.42 Å². The van der Waals surface area contributed by atoms with E-state index in [9.17, 15) is 9.90 Å². The number of hydrogen-bond acceptors (Lipinski definition) is 2. The zero-order valence-corrected chi connectivity index (χ0v) is 18.8. The van der Waals surface area contributed by atoms with Crippen molar-refractivity contribution in [1.29, 1.82) is 0 Å². The van der Waals surface area contributed by atoms with Crippen LogP contribution in [0.4, 0.5) is 0 Å². The third-order valence-corrected chi connectivity index (χ3v) is 8.32. The number of rotatable bonds is 4. The van der Waals surface area contributed by atoms with Gasteiger partial charge < -0.3 is 9.67 Å². The summed E-state index contributed by atoms with van der Waals surface area (Å²) < 4.78 is 2.43. The molecule has 4 heteroatoms. The fraction of sp³-hybridized carbons (Fsp3) is 0.667. The molecule has 0 radical (unpaired) electrons. The maximum absolute atomic E-state index is 11.4. The third kappa shape index (κ3) is 4.41. The van der Waals surface area contributed by atoms with E-state index in [1.54, 1.807) is 0 Å². The standard InChI is InChI=1S/C27H38N2O2/c30-27(31)16-20-19-28(26-13-9-8-12-25(20)26)24-17-22-14-15-23(18-24)29(22)21-10-6-4-2-1-3-5-7-11-21/h8-9,12-13,19,21-24H,1-7,10-11,14-18H2,(H,30,31)/t22-,23+,24?. The molecule has 3 fully saturated rings. The minimum Gasteiger partial charge on any atom is -0.481 e. The van der Waals surface area contributed by atoms with Gasteiger partial charge in [0.1, 0.15) is 0 Å². The zero-order valence-electron chi connectivity index (χ0n) is 18.8. The summed E-state index contributed by atoms with van der Waals surface area (Å²) >= 11 is 0. The topological polar surface area (TPSA) is 45.5 Å². The van der Waals surface area contributed by atoms with Crippen molar-refractivity contribution in [2.24, 2.45) is 0 Å². The molecule has 2 bridgehead atoms. The van der Waals surface area contributed by atoms with Crippen LogP contribution in [0.1, 0.15) is 95.1 Å². The molecule has 5 rings (SSSR count). The Kier molecular flexibility index (Phi) is 6.36. The largest absolute Gasteiger partial charge is 0.481 e. The third-order valence-electron chi connectivity index (χ3n) is 8.32. The number of carboxylic acid groups (broad SMARTS) is 1. The summed E-state index contributed by atoms with van der Waals surface area (Å²) in [7, 11) is 0. The molecule has 3 atom stereocenters. The van der Waals surface area contributed by atoms with Crippen molar-refractivity contribution < 1.29 is 9.90 Å². The molecule has 168 valence electrons. The lowest BCUT2D eigenvalue weighted by atomic mass is 9.90. The SMILES string of the molecule is O=C(O)Cc1cn(C2C[C@H]3CC[C@@H](C2)N3C2CCCCCCCCC2)c2ccccc12. The van der Waals surface area contributed by atoms with Crippen LogP contribution in [0.5, 0.6) is 0 Å². The van der Waals surface area contributed by atoms with E-state index in [0.29, 0.717) is 18.1 Å². The van der Waals surface area contributed by atoms with Crippen LogP contribution in [0.25, 0.3) is 10.9 Å². The summed E-state index contributed by atoms with van der Waals surface area (Å²) in [6.07, 6.45) is 20.2. The lowest BCUT2D eigenvalue weighted by molar-refractivity contribution is -0.136. The predicted octanol–water partition coefficient (Wildman–Crippen LogP) is 6.33. The van der Waals surface area contributed by atoms with Crippen LogP contribution < -0.4 is 0 Å². The van der Waals surface area contributed by atoms with Crippen molar-refractivity contribution in [3.05, 3.63) is 36.0 Å². The highest BCUT2D eigenvalue weighted by Crippen LogP contribution is 2.45. The van der Waals surface area contributed by atoms with Crippen molar-refractivity contribution >= 4 is 16.9 Å². The van der Waals surface area contributed by atoms with Crippen molar-refractivity contribution in [3.8, 4) is 0 Å². The molecule has 2 aromatic rings. The van der Waals surface area contributed by atoms with Crippen LogP contribution in [0, 0.1) is 0 Å². The lowest BCUT2D eigenvalue weighted by Gasteiger charge is -2.44. The van der Waals surface area contributed by atoms with Crippen LogP contribution in [0.3, 0.4) is 0 Å². The van der Waals surface area contributed by atoms with E-state index >= 15 is 0 Å². The summed E-state index contributed by atoms with van der Waals surface area (Å²) in [4.78, 5) is 14.4. The first-order valence-electron chi connectivity index (χ1n) is 12.8. The summed E-state index contributed by atoms with van der Waals surface area (Å²) in [5.41, 5.74) is 2.18. The molecule has 4 nitrogen and oxygen atoms in total. The fourth-order valence-electron chi connectivity index (χ4n) is 6.98. The zero-order chi connectivity index (χ0) is 21.2. The Morgan fingerprint density at radius 2 is 1.42 bits per heavy atom. The van der Waals surface area contributed by atoms with E-state index in [-0.39, 0.29) is 6.42 Å². The molecular weight excluding hydrogens is 384 g/mol. The maximum Gasteiger partial charge on any atom is 0.307 e. The first kappa shape index (κ1) is 21.1. The van der Waals surface area contributed by atoms with Gasteiger partial charge in [-0.2, -0.15) is 0 Å². The van der Waals surface area contributed by atoms with Crippen LogP contribution in [0.2, 0.25) is 0 Å². The second-order valence-corrected chi connectivity index (χ2v) is 10.3. The van der Waals surface area contributed by atoms with E-state index in [1.807, 2.05) is 6.07 Å². The molecule has 2 saturated heterocycles. The van der Waals surface area contributed by atoms with Gasteiger partial charge >= 0.3 is 5.97 Å². The van der Waals surface area contributed by atoms with Crippen molar-refractivity contribution in [2.45, 2.75) is 114 Å². The van der Waals surface area contributed by atoms with Gasteiger partial charge in [-0.1, -0.05) is 63.1 Å². The highest BCUT2D eigenvalue weighted by atomic mass is 16.4. The Balaban J connectivity index is 1.35. The lowest BCUT2D eigenvalue weighted by Crippen LogP contribution is -2.49. The quantitative estimate of drug-likeness (QED) is 0.626. The minimum absolute atomic E-state index is 0.112. The average molecular weight is 423 g/mol. The molecule has 1 aromatic carbocycles. The van der Waals surface area contributed by atoms with E-state index in [2.05, 4.69) is 33.9 Å². The molecule has 1 saturated carbocycles. The van der Waals surface area contributed by atoms with E-state index in [4.69, 9.17) is 0 Å². The van der Waals surface area contributed by atoms with E-state index in [0.717, 1.165) is 17.0 Å². The van der Waals surface area contributed by atoms with Gasteiger partial charge in [0, 0.05) is 41.3 Å². The average Bonchev–Trinajstić information content (AvgIpc) is 3.25. The Bertz CT molecular complexity index is 880. The second kappa shape index (κ2) is 9.36. The van der Waals surface area contributed by atoms with Gasteiger partial charge in [-0.3, -0.25) is 9.69 Å². The molecule has 2 aliphatic heterocycles. The molecule has 1 aliphatic carbocycles. The monoisotopic (exact) mass is 422 g/mol. The summed E-state index contributed by atoms with van der Waals surface area (Å²) in [6.45, 7) is 0. The molecular formula is C27H38N2O2. The van der Waals surface area contributed by atoms with Crippen LogP contribution >= 0.6 is 0 Å². The number of hydrogen-bond donors (Lipinski definition) is 1. The van der Waals surface area contributed by atoms with E-state index < -0.39 is 5.97 Å². The molecule has 1 aromatic heterocycles. The van der Waals surface area contributed by atoms with Crippen LogP contribution in [-0.2, 0) is 11.2 Å². The van der Waals surface area contributed by atoms with Crippen LogP contribution in [0.15, 0.2) is 30.5 Å². The fourth-order valence-corrected chi connectivity index (χ4v) is 6.98. The number of carbonyl (C=O) groups is 1. The van der Waals surface area contributed by atoms with Crippen molar-refractivity contribution in [1.82, 2.24) is 9.47 Å². The molecule has 1 N–H and O–H groups in total. The number of nitrogens with zero attached hydrogens (tertiary/aromatic N) is 2. The number of carboxylic acids is 1. The van der Waals surface area contributed by atoms with Crippen LogP contribution in [-0.4, -0.2) is 38.7 Å². The molecule has 0 amide bonds. The predicted molar refractivity (Wildman–Crippen MR) is 126 cm³/mol. The van der Waals surface area contributed by atoms with Gasteiger partial charge in [-0.25, -0.2) is 0 Å². The van der Waals surface area contributed by atoms with E-state index in [1.165, 1.54) is 89.0 Å². The number of fused-ring (bicyclic) bond motifs is 3. The Hall–Kier alpha value is -1.81. The van der Waals surface area contributed by atoms with Gasteiger partial charge in [-0.05, 0) is 50.2 Å². The Morgan fingerprint density at radius 3 is 2.06 bits per heavy atom. The summed E-state index contributed by atoms with van der Waals surface area (Å²) in [5.74, 6) is -0.742. The number of para-hydroxylation sites is 1. The number of piperidine rings is 1. The first-order valence-corrected chi connectivity index (χ1v) is 12.8. The van der Waals surface area contributed by atoms with Crippen molar-refractivity contribution in [3.63, 3.8) is 0 Å². The van der Waals surface area contributed by atoms with Gasteiger partial charge in [0.2, 0.25) is 0 Å². The van der Waals surface area contributed by atoms with Crippen molar-refractivity contribution in [2.75, 3.05) is 0 Å². The molecule has 1 unspecified atom stereocenters. The molecule has 3 heterocycles. The Morgan fingerprint density at radius 1 is 0.806 bits per heavy atom. The number of aromatic nitrogens is 1. The number of benzene rings is 1. The summed E-state index contributed by atoms with van der Waals surface area (Å²) in [5, 5.41) is 10.5. The summed E-state index contributed by atoms with van der Waals surface area (Å²) in [6, 6.07) is 11.1. The van der Waals surface area contributed by atoms with Gasteiger partial charge in [-0.15, -0.1) is 0 Å². The number of aliphatic carboxylic acids is 1. The normalized spacial score (nSPS) is 28.7. The Labute approximate surface area is 186 Å². The maximum atomic E-state index is 11.4. The second-order valence-electron chi connectivity index (χ2n) is 10.3. The molecule has 0 spiro atoms. The first-order chi connectivity index (χ1) is 15.2. The smallest absolute Gasteiger partial charge is 0.307 e. The van der Waals surface area contributed by atoms with Gasteiger partial charge in [0.15, 0.2) is 0 Å². The molecule has 31 heavy (non-hydrogen) atoms. The highest BCUT2D eigenvalue weighted by Gasteiger charge is 2.44. The minimum atomic E-state index is -0.742. The van der Waals surface area contributed by atoms with Gasteiger partial charge in [0.25, 0.3) is 0 Å². The molecule has 3 aliphatic rings. The highest BCUT2D eigenvalue weighted by molar-refractivity contribution is 5.87.